The van der Waals surface area contributed by atoms with Gasteiger partial charge in [-0.15, -0.1) is 0 Å². The van der Waals surface area contributed by atoms with Crippen LogP contribution in [0.2, 0.25) is 0 Å². The van der Waals surface area contributed by atoms with Crippen molar-refractivity contribution in [1.82, 2.24) is 18.3 Å². The van der Waals surface area contributed by atoms with Crippen molar-refractivity contribution in [3.05, 3.63) is 74.4 Å². The van der Waals surface area contributed by atoms with E-state index in [0.717, 1.165) is 28.5 Å². The van der Waals surface area contributed by atoms with Gasteiger partial charge < -0.3 is 4.90 Å². The van der Waals surface area contributed by atoms with Crippen LogP contribution >= 0.6 is 0 Å². The number of sulfonamides is 1. The summed E-state index contributed by atoms with van der Waals surface area (Å²) in [4.78, 5) is 40.3. The van der Waals surface area contributed by atoms with Gasteiger partial charge in [0.15, 0.2) is 0 Å². The second-order valence-electron chi connectivity index (χ2n) is 8.86. The molecule has 0 unspecified atom stereocenters. The first kappa shape index (κ1) is 22.5. The van der Waals surface area contributed by atoms with Gasteiger partial charge in [0, 0.05) is 33.2 Å². The normalized spacial score (nSPS) is 16.7. The molecule has 0 radical (unpaired) electrons. The molecule has 0 aliphatic carbocycles. The number of rotatable bonds is 4. The summed E-state index contributed by atoms with van der Waals surface area (Å²) in [6, 6.07) is 12.0. The van der Waals surface area contributed by atoms with E-state index in [-0.39, 0.29) is 29.3 Å². The van der Waals surface area contributed by atoms with Crippen LogP contribution in [0.1, 0.15) is 24.0 Å². The number of carbonyl (C=O) groups is 1. The van der Waals surface area contributed by atoms with Gasteiger partial charge in [-0.2, -0.15) is 4.31 Å². The van der Waals surface area contributed by atoms with E-state index in [4.69, 9.17) is 0 Å². The Balaban J connectivity index is 1.54. The zero-order chi connectivity index (χ0) is 24.0. The molecule has 2 aliphatic rings. The number of benzene rings is 2. The number of fused-ring (bicyclic) bond motifs is 2. The number of hydrogen-bond acceptors (Lipinski definition) is 5. The summed E-state index contributed by atoms with van der Waals surface area (Å²) in [6.07, 6.45) is 2.42. The predicted octanol–water partition coefficient (Wildman–Crippen LogP) is 1.07. The Morgan fingerprint density at radius 1 is 0.971 bits per heavy atom. The summed E-state index contributed by atoms with van der Waals surface area (Å²) >= 11 is 0. The molecule has 5 rings (SSSR count). The lowest BCUT2D eigenvalue weighted by Crippen LogP contribution is -2.44. The highest BCUT2D eigenvalue weighted by molar-refractivity contribution is 7.89. The maximum Gasteiger partial charge on any atom is 0.331 e. The van der Waals surface area contributed by atoms with Gasteiger partial charge >= 0.3 is 5.69 Å². The molecule has 9 nitrogen and oxygen atoms in total. The SMILES string of the molecule is Cn1c(=O)n(CC(=O)N2CCCC2)c(=O)c2cc(S(=O)(=O)N3CCc4ccccc4C3)ccc21. The molecule has 0 saturated carbocycles. The van der Waals surface area contributed by atoms with Crippen molar-refractivity contribution in [3.63, 3.8) is 0 Å². The summed E-state index contributed by atoms with van der Waals surface area (Å²) in [5.74, 6) is -0.285. The highest BCUT2D eigenvalue weighted by Gasteiger charge is 2.29. The van der Waals surface area contributed by atoms with Gasteiger partial charge in [-0.25, -0.2) is 13.2 Å². The second-order valence-corrected chi connectivity index (χ2v) is 10.8. The van der Waals surface area contributed by atoms with Crippen molar-refractivity contribution in [2.75, 3.05) is 19.6 Å². The number of aryl methyl sites for hydroxylation is 1. The van der Waals surface area contributed by atoms with Crippen LogP contribution in [-0.4, -0.2) is 52.3 Å². The average Bonchev–Trinajstić information content (AvgIpc) is 3.40. The Morgan fingerprint density at radius 2 is 1.68 bits per heavy atom. The molecule has 0 N–H and O–H groups in total. The van der Waals surface area contributed by atoms with E-state index in [1.807, 2.05) is 24.3 Å². The molecule has 0 bridgehead atoms. The van der Waals surface area contributed by atoms with E-state index in [9.17, 15) is 22.8 Å². The van der Waals surface area contributed by atoms with Gasteiger partial charge in [-0.3, -0.25) is 18.7 Å². The van der Waals surface area contributed by atoms with E-state index in [0.29, 0.717) is 31.6 Å². The number of nitrogens with zero attached hydrogens (tertiary/aromatic N) is 4. The van der Waals surface area contributed by atoms with Crippen LogP contribution in [0, 0.1) is 0 Å². The molecule has 1 amide bonds. The third-order valence-electron chi connectivity index (χ3n) is 6.81. The van der Waals surface area contributed by atoms with Crippen molar-refractivity contribution in [3.8, 4) is 0 Å². The Labute approximate surface area is 196 Å². The Morgan fingerprint density at radius 3 is 2.41 bits per heavy atom. The number of hydrogen-bond donors (Lipinski definition) is 0. The van der Waals surface area contributed by atoms with Gasteiger partial charge in [0.25, 0.3) is 5.56 Å². The number of aromatic nitrogens is 2. The zero-order valence-electron chi connectivity index (χ0n) is 18.9. The third-order valence-corrected chi connectivity index (χ3v) is 8.65. The van der Waals surface area contributed by atoms with Crippen LogP contribution in [0.4, 0.5) is 0 Å². The van der Waals surface area contributed by atoms with Crippen LogP contribution in [0.5, 0.6) is 0 Å². The molecule has 34 heavy (non-hydrogen) atoms. The van der Waals surface area contributed by atoms with Crippen molar-refractivity contribution < 1.29 is 13.2 Å². The van der Waals surface area contributed by atoms with Crippen LogP contribution < -0.4 is 11.2 Å². The minimum Gasteiger partial charge on any atom is -0.341 e. The van der Waals surface area contributed by atoms with E-state index in [2.05, 4.69) is 0 Å². The topological polar surface area (TPSA) is 102 Å². The number of amides is 1. The van der Waals surface area contributed by atoms with Crippen molar-refractivity contribution in [2.45, 2.75) is 37.2 Å². The minimum absolute atomic E-state index is 0.00690. The molecule has 3 aromatic rings. The molecule has 1 aromatic heterocycles. The van der Waals surface area contributed by atoms with Gasteiger partial charge in [0.1, 0.15) is 6.54 Å². The summed E-state index contributed by atoms with van der Waals surface area (Å²) in [6.45, 7) is 1.48. The maximum atomic E-state index is 13.4. The van der Waals surface area contributed by atoms with Crippen LogP contribution in [-0.2, 0) is 41.4 Å². The standard InChI is InChI=1S/C24H26N4O5S/c1-25-21-9-8-19(34(32,33)27-13-10-17-6-2-3-7-18(17)15-27)14-20(21)23(30)28(24(25)31)16-22(29)26-11-4-5-12-26/h2-3,6-9,14H,4-5,10-13,15-16H2,1H3. The quantitative estimate of drug-likeness (QED) is 0.554. The van der Waals surface area contributed by atoms with Crippen LogP contribution in [0.25, 0.3) is 10.9 Å². The summed E-state index contributed by atoms with van der Waals surface area (Å²) in [7, 11) is -2.35. The fraction of sp³-hybridized carbons (Fsp3) is 0.375. The molecular formula is C24H26N4O5S. The van der Waals surface area contributed by atoms with E-state index in [1.54, 1.807) is 4.90 Å². The number of likely N-dealkylation sites (tertiary alicyclic amines) is 1. The van der Waals surface area contributed by atoms with E-state index >= 15 is 0 Å². The molecule has 1 saturated heterocycles. The maximum absolute atomic E-state index is 13.4. The number of carbonyl (C=O) groups excluding carboxylic acids is 1. The molecule has 1 fully saturated rings. The fourth-order valence-corrected chi connectivity index (χ4v) is 6.27. The molecule has 2 aliphatic heterocycles. The Kier molecular flexibility index (Phi) is 5.65. The first-order valence-corrected chi connectivity index (χ1v) is 12.8. The van der Waals surface area contributed by atoms with Crippen LogP contribution in [0.3, 0.4) is 0 Å². The van der Waals surface area contributed by atoms with Crippen molar-refractivity contribution in [2.24, 2.45) is 7.05 Å². The fourth-order valence-electron chi connectivity index (χ4n) is 4.82. The van der Waals surface area contributed by atoms with E-state index < -0.39 is 21.3 Å². The van der Waals surface area contributed by atoms with E-state index in [1.165, 1.54) is 34.1 Å². The summed E-state index contributed by atoms with van der Waals surface area (Å²) in [5, 5.41) is 0.0924. The highest BCUT2D eigenvalue weighted by atomic mass is 32.2. The van der Waals surface area contributed by atoms with Crippen molar-refractivity contribution in [1.29, 1.82) is 0 Å². The smallest absolute Gasteiger partial charge is 0.331 e. The first-order chi connectivity index (χ1) is 16.3. The lowest BCUT2D eigenvalue weighted by molar-refractivity contribution is -0.130. The summed E-state index contributed by atoms with van der Waals surface area (Å²) in [5.41, 5.74) is 1.15. The van der Waals surface area contributed by atoms with Gasteiger partial charge in [-0.05, 0) is 48.6 Å². The minimum atomic E-state index is -3.86. The average molecular weight is 483 g/mol. The second kappa shape index (κ2) is 8.52. The highest BCUT2D eigenvalue weighted by Crippen LogP contribution is 2.26. The summed E-state index contributed by atoms with van der Waals surface area (Å²) < 4.78 is 30.4. The third kappa shape index (κ3) is 3.76. The largest absolute Gasteiger partial charge is 0.341 e. The molecule has 10 heteroatoms. The Bertz CT molecular complexity index is 1520. The van der Waals surface area contributed by atoms with Gasteiger partial charge in [-0.1, -0.05) is 24.3 Å². The molecule has 3 heterocycles. The molecule has 178 valence electrons. The molecule has 0 spiro atoms. The van der Waals surface area contributed by atoms with Gasteiger partial charge in [0.2, 0.25) is 15.9 Å². The zero-order valence-corrected chi connectivity index (χ0v) is 19.8. The molecule has 0 atom stereocenters. The Hall–Kier alpha value is -3.24. The van der Waals surface area contributed by atoms with Gasteiger partial charge in [0.05, 0.1) is 15.8 Å². The van der Waals surface area contributed by atoms with Crippen molar-refractivity contribution >= 4 is 26.8 Å². The first-order valence-electron chi connectivity index (χ1n) is 11.4. The monoisotopic (exact) mass is 482 g/mol. The molecular weight excluding hydrogens is 456 g/mol. The predicted molar refractivity (Wildman–Crippen MR) is 127 cm³/mol. The lowest BCUT2D eigenvalue weighted by atomic mass is 10.0. The van der Waals surface area contributed by atoms with Crippen LogP contribution in [0.15, 0.2) is 56.9 Å². The lowest BCUT2D eigenvalue weighted by Gasteiger charge is -2.28. The molecule has 2 aromatic carbocycles.